The lowest BCUT2D eigenvalue weighted by atomic mass is 10.1. The third kappa shape index (κ3) is 4.61. The average molecular weight is 237 g/mol. The van der Waals surface area contributed by atoms with Crippen molar-refractivity contribution in [3.8, 4) is 0 Å². The molecule has 1 rings (SSSR count). The third-order valence-corrected chi connectivity index (χ3v) is 2.43. The van der Waals surface area contributed by atoms with Gasteiger partial charge in [-0.15, -0.1) is 0 Å². The van der Waals surface area contributed by atoms with Crippen LogP contribution < -0.4 is 10.2 Å². The second-order valence-electron chi connectivity index (χ2n) is 4.76. The molecule has 1 aromatic rings. The molecule has 0 unspecified atom stereocenters. The zero-order valence-electron chi connectivity index (χ0n) is 11.2. The Morgan fingerprint density at radius 1 is 1.41 bits per heavy atom. The summed E-state index contributed by atoms with van der Waals surface area (Å²) in [5.41, 5.74) is 0.387. The van der Waals surface area contributed by atoms with Gasteiger partial charge in [-0.2, -0.15) is 0 Å². The first-order valence-corrected chi connectivity index (χ1v) is 6.13. The maximum atomic E-state index is 9.88. The lowest BCUT2D eigenvalue weighted by Crippen LogP contribution is -2.38. The second kappa shape index (κ2) is 5.87. The van der Waals surface area contributed by atoms with Crippen molar-refractivity contribution in [1.29, 1.82) is 0 Å². The maximum absolute atomic E-state index is 9.88. The van der Waals surface area contributed by atoms with E-state index in [-0.39, 0.29) is 0 Å². The average Bonchev–Trinajstić information content (AvgIpc) is 2.25. The van der Waals surface area contributed by atoms with Gasteiger partial charge in [-0.25, -0.2) is 4.98 Å². The highest BCUT2D eigenvalue weighted by molar-refractivity contribution is 5.54. The van der Waals surface area contributed by atoms with Crippen LogP contribution in [-0.4, -0.2) is 35.3 Å². The Balaban J connectivity index is 2.84. The lowest BCUT2D eigenvalue weighted by molar-refractivity contribution is 0.0876. The molecule has 0 radical (unpaired) electrons. The molecule has 0 aliphatic heterocycles. The predicted octanol–water partition coefficient (Wildman–Crippen LogP) is 2.11. The van der Waals surface area contributed by atoms with Crippen LogP contribution in [0, 0.1) is 0 Å². The fourth-order valence-corrected chi connectivity index (χ4v) is 1.75. The molecule has 0 bridgehead atoms. The second-order valence-corrected chi connectivity index (χ2v) is 4.76. The number of aliphatic hydroxyl groups is 1. The van der Waals surface area contributed by atoms with Crippen LogP contribution in [0.4, 0.5) is 11.5 Å². The molecule has 0 atom stereocenters. The van der Waals surface area contributed by atoms with E-state index in [2.05, 4.69) is 22.1 Å². The van der Waals surface area contributed by atoms with Gasteiger partial charge in [0.2, 0.25) is 0 Å². The van der Waals surface area contributed by atoms with Crippen molar-refractivity contribution in [1.82, 2.24) is 4.98 Å². The summed E-state index contributed by atoms with van der Waals surface area (Å²) >= 11 is 0. The maximum Gasteiger partial charge on any atom is 0.127 e. The molecule has 0 aliphatic carbocycles. The first-order valence-electron chi connectivity index (χ1n) is 6.13. The topological polar surface area (TPSA) is 48.4 Å². The van der Waals surface area contributed by atoms with Crippen molar-refractivity contribution in [2.75, 3.05) is 29.9 Å². The summed E-state index contributed by atoms with van der Waals surface area (Å²) in [5.74, 6) is 0.874. The Morgan fingerprint density at radius 2 is 2.12 bits per heavy atom. The summed E-state index contributed by atoms with van der Waals surface area (Å²) in [4.78, 5) is 6.38. The van der Waals surface area contributed by atoms with Crippen molar-refractivity contribution in [2.24, 2.45) is 0 Å². The monoisotopic (exact) mass is 237 g/mol. The molecule has 2 N–H and O–H groups in total. The van der Waals surface area contributed by atoms with E-state index in [4.69, 9.17) is 0 Å². The molecule has 0 spiro atoms. The number of hydrogen-bond donors (Lipinski definition) is 2. The van der Waals surface area contributed by atoms with Crippen LogP contribution >= 0.6 is 0 Å². The minimum atomic E-state index is -0.697. The minimum absolute atomic E-state index is 0.610. The number of pyridine rings is 1. The number of anilines is 2. The van der Waals surface area contributed by atoms with Gasteiger partial charge in [0.05, 0.1) is 5.60 Å². The fraction of sp³-hybridized carbons (Fsp3) is 0.615. The zero-order valence-corrected chi connectivity index (χ0v) is 11.2. The molecule has 0 aromatic carbocycles. The molecule has 0 amide bonds. The molecule has 4 heteroatoms. The molecule has 0 aliphatic rings. The highest BCUT2D eigenvalue weighted by Gasteiger charge is 2.17. The van der Waals surface area contributed by atoms with Crippen molar-refractivity contribution in [3.05, 3.63) is 18.3 Å². The Bertz CT molecular complexity index is 347. The molecule has 4 nitrogen and oxygen atoms in total. The molecule has 1 aromatic heterocycles. The van der Waals surface area contributed by atoms with Crippen LogP contribution in [0.2, 0.25) is 0 Å². The molecule has 1 heterocycles. The summed E-state index contributed by atoms with van der Waals surface area (Å²) in [6, 6.07) is 3.98. The Hall–Kier alpha value is -1.29. The van der Waals surface area contributed by atoms with Crippen LogP contribution in [0.25, 0.3) is 0 Å². The van der Waals surface area contributed by atoms with Crippen LogP contribution in [-0.2, 0) is 0 Å². The number of nitrogens with zero attached hydrogens (tertiary/aromatic N) is 2. The minimum Gasteiger partial charge on any atom is -0.389 e. The molecule has 0 saturated heterocycles. The highest BCUT2D eigenvalue weighted by Crippen LogP contribution is 2.19. The van der Waals surface area contributed by atoms with Crippen LogP contribution in [0.3, 0.4) is 0 Å². The predicted molar refractivity (Wildman–Crippen MR) is 72.6 cm³/mol. The van der Waals surface area contributed by atoms with Gasteiger partial charge < -0.3 is 15.3 Å². The Labute approximate surface area is 104 Å². The third-order valence-electron chi connectivity index (χ3n) is 2.43. The fourth-order valence-electron chi connectivity index (χ4n) is 1.75. The number of likely N-dealkylation sites (N-methyl/N-ethyl adjacent to an activating group) is 1. The van der Waals surface area contributed by atoms with E-state index in [0.717, 1.165) is 24.6 Å². The van der Waals surface area contributed by atoms with Crippen LogP contribution in [0.15, 0.2) is 18.3 Å². The summed E-state index contributed by atoms with van der Waals surface area (Å²) in [5, 5.41) is 13.1. The number of nitrogens with one attached hydrogen (secondary N) is 1. The molecular formula is C13H23N3O. The van der Waals surface area contributed by atoms with Crippen molar-refractivity contribution in [2.45, 2.75) is 33.3 Å². The summed E-state index contributed by atoms with van der Waals surface area (Å²) in [7, 11) is 0. The van der Waals surface area contributed by atoms with Gasteiger partial charge in [-0.05, 0) is 33.8 Å². The number of rotatable bonds is 6. The van der Waals surface area contributed by atoms with E-state index in [1.165, 1.54) is 0 Å². The molecule has 0 saturated carbocycles. The smallest absolute Gasteiger partial charge is 0.127 e. The quantitative estimate of drug-likeness (QED) is 0.795. The molecule has 96 valence electrons. The van der Waals surface area contributed by atoms with E-state index in [1.54, 1.807) is 6.20 Å². The first kappa shape index (κ1) is 13.8. The largest absolute Gasteiger partial charge is 0.389 e. The van der Waals surface area contributed by atoms with E-state index >= 15 is 0 Å². The van der Waals surface area contributed by atoms with Gasteiger partial charge in [0.25, 0.3) is 0 Å². The zero-order chi connectivity index (χ0) is 12.9. The van der Waals surface area contributed by atoms with E-state index in [0.29, 0.717) is 6.54 Å². The molecular weight excluding hydrogens is 214 g/mol. The lowest BCUT2D eigenvalue weighted by Gasteiger charge is -2.30. The highest BCUT2D eigenvalue weighted by atomic mass is 16.3. The van der Waals surface area contributed by atoms with Crippen LogP contribution in [0.5, 0.6) is 0 Å². The van der Waals surface area contributed by atoms with Gasteiger partial charge in [-0.1, -0.05) is 0 Å². The number of aromatic nitrogens is 1. The molecule has 17 heavy (non-hydrogen) atoms. The Kier molecular flexibility index (Phi) is 4.75. The van der Waals surface area contributed by atoms with Gasteiger partial charge in [0, 0.05) is 37.6 Å². The van der Waals surface area contributed by atoms with Crippen molar-refractivity contribution in [3.63, 3.8) is 0 Å². The van der Waals surface area contributed by atoms with Gasteiger partial charge in [-0.3, -0.25) is 0 Å². The van der Waals surface area contributed by atoms with E-state index < -0.39 is 5.60 Å². The van der Waals surface area contributed by atoms with Crippen molar-refractivity contribution >= 4 is 11.5 Å². The standard InChI is InChI=1S/C13H23N3O/c1-5-14-12-9-11(7-8-15-12)16(6-2)10-13(3,4)17/h7-9,17H,5-6,10H2,1-4H3,(H,14,15). The summed E-state index contributed by atoms with van der Waals surface area (Å²) in [6.07, 6.45) is 1.79. The first-order chi connectivity index (χ1) is 7.96. The number of hydrogen-bond acceptors (Lipinski definition) is 4. The normalized spacial score (nSPS) is 11.4. The SMILES string of the molecule is CCNc1cc(N(CC)CC(C)(C)O)ccn1. The van der Waals surface area contributed by atoms with Crippen LogP contribution in [0.1, 0.15) is 27.7 Å². The van der Waals surface area contributed by atoms with Gasteiger partial charge >= 0.3 is 0 Å². The summed E-state index contributed by atoms with van der Waals surface area (Å²) in [6.45, 7) is 10.1. The molecule has 0 fully saturated rings. The van der Waals surface area contributed by atoms with Gasteiger partial charge in [0.15, 0.2) is 0 Å². The van der Waals surface area contributed by atoms with Crippen molar-refractivity contribution < 1.29 is 5.11 Å². The van der Waals surface area contributed by atoms with E-state index in [1.807, 2.05) is 32.9 Å². The Morgan fingerprint density at radius 3 is 2.65 bits per heavy atom. The van der Waals surface area contributed by atoms with Gasteiger partial charge in [0.1, 0.15) is 5.82 Å². The summed E-state index contributed by atoms with van der Waals surface area (Å²) < 4.78 is 0. The van der Waals surface area contributed by atoms with E-state index in [9.17, 15) is 5.11 Å².